The van der Waals surface area contributed by atoms with Gasteiger partial charge in [-0.2, -0.15) is 11.3 Å². The zero-order valence-electron chi connectivity index (χ0n) is 16.4. The molecule has 0 aliphatic heterocycles. The maximum Gasteiger partial charge on any atom is 0.329 e. The number of hydrogen-bond donors (Lipinski definition) is 2. The molecular formula is C20H24N4O3S. The molecule has 0 radical (unpaired) electrons. The molecular weight excluding hydrogens is 376 g/mol. The van der Waals surface area contributed by atoms with Crippen LogP contribution in [0.15, 0.2) is 32.5 Å². The number of pyridine rings is 1. The van der Waals surface area contributed by atoms with Crippen molar-refractivity contribution in [2.24, 2.45) is 0 Å². The molecule has 2 N–H and O–H groups in total. The van der Waals surface area contributed by atoms with E-state index in [1.165, 1.54) is 4.57 Å². The minimum Gasteiger partial charge on any atom is -0.349 e. The van der Waals surface area contributed by atoms with Gasteiger partial charge in [0.15, 0.2) is 5.65 Å². The second-order valence-electron chi connectivity index (χ2n) is 7.16. The summed E-state index contributed by atoms with van der Waals surface area (Å²) in [6.07, 6.45) is 0.700. The molecule has 3 aromatic heterocycles. The molecule has 0 saturated heterocycles. The number of aromatic amines is 1. The van der Waals surface area contributed by atoms with Crippen LogP contribution in [0.5, 0.6) is 0 Å². The molecule has 1 atom stereocenters. The Morgan fingerprint density at radius 2 is 2.07 bits per heavy atom. The van der Waals surface area contributed by atoms with Crippen LogP contribution in [0.25, 0.3) is 11.0 Å². The monoisotopic (exact) mass is 400 g/mol. The van der Waals surface area contributed by atoms with Crippen LogP contribution in [0.1, 0.15) is 55.2 Å². The number of hydrogen-bond acceptors (Lipinski definition) is 5. The average Bonchev–Trinajstić information content (AvgIpc) is 3.13. The molecule has 0 aliphatic carbocycles. The smallest absolute Gasteiger partial charge is 0.329 e. The third-order valence-corrected chi connectivity index (χ3v) is 5.35. The summed E-state index contributed by atoms with van der Waals surface area (Å²) in [4.78, 5) is 44.5. The van der Waals surface area contributed by atoms with Gasteiger partial charge in [0.1, 0.15) is 0 Å². The second-order valence-corrected chi connectivity index (χ2v) is 7.94. The van der Waals surface area contributed by atoms with Gasteiger partial charge in [-0.3, -0.25) is 19.1 Å². The summed E-state index contributed by atoms with van der Waals surface area (Å²) in [5.74, 6) is -0.303. The van der Waals surface area contributed by atoms with Crippen LogP contribution in [-0.4, -0.2) is 26.5 Å². The number of nitrogens with one attached hydrogen (secondary N) is 2. The number of aromatic nitrogens is 3. The lowest BCUT2D eigenvalue weighted by Gasteiger charge is -2.16. The van der Waals surface area contributed by atoms with E-state index in [1.807, 2.05) is 37.6 Å². The highest BCUT2D eigenvalue weighted by Crippen LogP contribution is 2.20. The van der Waals surface area contributed by atoms with Crippen molar-refractivity contribution >= 4 is 28.3 Å². The SMILES string of the molecule is CCn1c(=O)[nH]c(=O)c2c(C(=O)NC(C)Cc3ccsc3)cc(C(C)C)nc21. The molecule has 148 valence electrons. The highest BCUT2D eigenvalue weighted by atomic mass is 32.1. The van der Waals surface area contributed by atoms with E-state index in [4.69, 9.17) is 0 Å². The molecule has 3 rings (SSSR count). The highest BCUT2D eigenvalue weighted by molar-refractivity contribution is 7.07. The van der Waals surface area contributed by atoms with Gasteiger partial charge in [-0.05, 0) is 54.6 Å². The Balaban J connectivity index is 2.09. The van der Waals surface area contributed by atoms with Crippen LogP contribution in [0, 0.1) is 0 Å². The predicted octanol–water partition coefficient (Wildman–Crippen LogP) is 2.65. The molecule has 0 aliphatic rings. The minimum absolute atomic E-state index is 0.0406. The van der Waals surface area contributed by atoms with Gasteiger partial charge >= 0.3 is 5.69 Å². The lowest BCUT2D eigenvalue weighted by molar-refractivity contribution is 0.0941. The summed E-state index contributed by atoms with van der Waals surface area (Å²) < 4.78 is 1.38. The molecule has 3 aromatic rings. The largest absolute Gasteiger partial charge is 0.349 e. The Kier molecular flexibility index (Phi) is 5.79. The fourth-order valence-electron chi connectivity index (χ4n) is 3.18. The fourth-order valence-corrected chi connectivity index (χ4v) is 3.86. The van der Waals surface area contributed by atoms with Crippen molar-refractivity contribution in [3.8, 4) is 0 Å². The minimum atomic E-state index is -0.594. The lowest BCUT2D eigenvalue weighted by atomic mass is 10.0. The first kappa shape index (κ1) is 20.0. The molecule has 0 saturated carbocycles. The summed E-state index contributed by atoms with van der Waals surface area (Å²) >= 11 is 1.61. The maximum absolute atomic E-state index is 13.0. The van der Waals surface area contributed by atoms with E-state index in [0.717, 1.165) is 5.56 Å². The predicted molar refractivity (Wildman–Crippen MR) is 111 cm³/mol. The number of rotatable bonds is 6. The second kappa shape index (κ2) is 8.10. The third-order valence-electron chi connectivity index (χ3n) is 4.62. The number of amides is 1. The Morgan fingerprint density at radius 1 is 1.32 bits per heavy atom. The first-order chi connectivity index (χ1) is 13.3. The third kappa shape index (κ3) is 3.91. The summed E-state index contributed by atoms with van der Waals surface area (Å²) in [5, 5.41) is 7.16. The number of thiophene rings is 1. The zero-order valence-corrected chi connectivity index (χ0v) is 17.2. The van der Waals surface area contributed by atoms with Gasteiger partial charge in [0.2, 0.25) is 0 Å². The number of nitrogens with zero attached hydrogens (tertiary/aromatic N) is 2. The summed E-state index contributed by atoms with van der Waals surface area (Å²) in [7, 11) is 0. The number of carbonyl (C=O) groups is 1. The summed E-state index contributed by atoms with van der Waals surface area (Å²) in [6.45, 7) is 7.98. The number of fused-ring (bicyclic) bond motifs is 1. The Bertz CT molecular complexity index is 1110. The average molecular weight is 401 g/mol. The van der Waals surface area contributed by atoms with Crippen molar-refractivity contribution in [2.45, 2.75) is 52.6 Å². The molecule has 0 aromatic carbocycles. The number of H-pyrrole nitrogens is 1. The molecule has 0 fully saturated rings. The molecule has 0 bridgehead atoms. The van der Waals surface area contributed by atoms with E-state index in [1.54, 1.807) is 24.3 Å². The Morgan fingerprint density at radius 3 is 2.68 bits per heavy atom. The van der Waals surface area contributed by atoms with Crippen LogP contribution < -0.4 is 16.6 Å². The van der Waals surface area contributed by atoms with Crippen LogP contribution in [0.3, 0.4) is 0 Å². The quantitative estimate of drug-likeness (QED) is 0.665. The van der Waals surface area contributed by atoms with Gasteiger partial charge in [-0.15, -0.1) is 0 Å². The molecule has 7 nitrogen and oxygen atoms in total. The van der Waals surface area contributed by atoms with E-state index >= 15 is 0 Å². The Labute approximate surface area is 166 Å². The fraction of sp³-hybridized carbons (Fsp3) is 0.400. The van der Waals surface area contributed by atoms with Gasteiger partial charge in [-0.1, -0.05) is 13.8 Å². The topological polar surface area (TPSA) is 96.9 Å². The maximum atomic E-state index is 13.0. The molecule has 8 heteroatoms. The van der Waals surface area contributed by atoms with Gasteiger partial charge < -0.3 is 5.32 Å². The molecule has 0 spiro atoms. The molecule has 28 heavy (non-hydrogen) atoms. The van der Waals surface area contributed by atoms with Crippen molar-refractivity contribution in [1.82, 2.24) is 19.9 Å². The van der Waals surface area contributed by atoms with E-state index in [-0.39, 0.29) is 34.5 Å². The normalized spacial score (nSPS) is 12.5. The lowest BCUT2D eigenvalue weighted by Crippen LogP contribution is -2.36. The van der Waals surface area contributed by atoms with E-state index in [2.05, 4.69) is 15.3 Å². The van der Waals surface area contributed by atoms with Crippen molar-refractivity contribution in [3.05, 3.63) is 60.6 Å². The van der Waals surface area contributed by atoms with E-state index < -0.39 is 11.2 Å². The highest BCUT2D eigenvalue weighted by Gasteiger charge is 2.21. The van der Waals surface area contributed by atoms with Gasteiger partial charge in [0.25, 0.3) is 11.5 Å². The summed E-state index contributed by atoms with van der Waals surface area (Å²) in [6, 6.07) is 3.57. The number of carbonyl (C=O) groups excluding carboxylic acids is 1. The van der Waals surface area contributed by atoms with Crippen LogP contribution in [-0.2, 0) is 13.0 Å². The van der Waals surface area contributed by atoms with E-state index in [0.29, 0.717) is 18.7 Å². The van der Waals surface area contributed by atoms with Gasteiger partial charge in [0.05, 0.1) is 10.9 Å². The van der Waals surface area contributed by atoms with Crippen LogP contribution >= 0.6 is 11.3 Å². The zero-order chi connectivity index (χ0) is 20.4. The van der Waals surface area contributed by atoms with Crippen molar-refractivity contribution in [3.63, 3.8) is 0 Å². The van der Waals surface area contributed by atoms with Crippen molar-refractivity contribution in [1.29, 1.82) is 0 Å². The van der Waals surface area contributed by atoms with Crippen LogP contribution in [0.2, 0.25) is 0 Å². The summed E-state index contributed by atoms with van der Waals surface area (Å²) in [5.41, 5.74) is 1.19. The van der Waals surface area contributed by atoms with Crippen molar-refractivity contribution in [2.75, 3.05) is 0 Å². The van der Waals surface area contributed by atoms with Gasteiger partial charge in [-0.25, -0.2) is 9.78 Å². The standard InChI is InChI=1S/C20H24N4O3S/c1-5-24-17-16(19(26)23-20(24)27)14(9-15(22-17)11(2)3)18(25)21-12(4)8-13-6-7-28-10-13/h6-7,9-12H,5,8H2,1-4H3,(H,21,25)(H,23,26,27). The van der Waals surface area contributed by atoms with E-state index in [9.17, 15) is 14.4 Å². The molecule has 3 heterocycles. The number of aryl methyl sites for hydroxylation is 1. The first-order valence-corrected chi connectivity index (χ1v) is 10.3. The molecule has 1 amide bonds. The Hall–Kier alpha value is -2.74. The van der Waals surface area contributed by atoms with Gasteiger partial charge in [0, 0.05) is 18.3 Å². The van der Waals surface area contributed by atoms with Crippen molar-refractivity contribution < 1.29 is 4.79 Å². The molecule has 1 unspecified atom stereocenters. The first-order valence-electron chi connectivity index (χ1n) is 9.31. The van der Waals surface area contributed by atoms with Crippen LogP contribution in [0.4, 0.5) is 0 Å².